The highest BCUT2D eigenvalue weighted by Gasteiger charge is 2.59. The molecule has 3 aliphatic heterocycles. The lowest BCUT2D eigenvalue weighted by molar-refractivity contribution is -0.144. The summed E-state index contributed by atoms with van der Waals surface area (Å²) in [6.07, 6.45) is 5.70. The zero-order chi connectivity index (χ0) is 40.4. The fourth-order valence-corrected chi connectivity index (χ4v) is 15.0. The number of carbonyl (C=O) groups excluding carboxylic acids is 2. The van der Waals surface area contributed by atoms with Crippen molar-refractivity contribution in [3.63, 3.8) is 0 Å². The number of phenols is 1. The van der Waals surface area contributed by atoms with Crippen LogP contribution in [0.1, 0.15) is 70.9 Å². The van der Waals surface area contributed by atoms with E-state index in [9.17, 15) is 14.7 Å². The minimum Gasteiger partial charge on any atom is -0.508 e. The second-order valence-corrected chi connectivity index (χ2v) is 22.2. The van der Waals surface area contributed by atoms with E-state index in [4.69, 9.17) is 9.16 Å². The van der Waals surface area contributed by atoms with Crippen LogP contribution in [0.3, 0.4) is 0 Å². The number of hydrogen-bond acceptors (Lipinski definition) is 6. The molecule has 4 aromatic rings. The molecule has 0 saturated carbocycles. The first-order valence-electron chi connectivity index (χ1n) is 21.2. The molecule has 0 spiro atoms. The van der Waals surface area contributed by atoms with Gasteiger partial charge in [-0.1, -0.05) is 136 Å². The molecular weight excluding hydrogens is 737 g/mol. The number of amides is 2. The van der Waals surface area contributed by atoms with Crippen molar-refractivity contribution in [3.8, 4) is 5.75 Å². The molecule has 0 aromatic heterocycles. The van der Waals surface area contributed by atoms with Crippen LogP contribution in [0.4, 0.5) is 0 Å². The van der Waals surface area contributed by atoms with Crippen LogP contribution in [0.5, 0.6) is 5.75 Å². The van der Waals surface area contributed by atoms with Crippen LogP contribution in [-0.2, 0) is 25.3 Å². The van der Waals surface area contributed by atoms with Crippen molar-refractivity contribution in [3.05, 3.63) is 143 Å². The summed E-state index contributed by atoms with van der Waals surface area (Å²) in [4.78, 5) is 33.4. The minimum absolute atomic E-state index is 0.00128. The predicted molar refractivity (Wildman–Crippen MR) is 233 cm³/mol. The topological polar surface area (TPSA) is 79.3 Å². The Kier molecular flexibility index (Phi) is 11.7. The zero-order valence-corrected chi connectivity index (χ0v) is 35.5. The average molecular weight is 795 g/mol. The molecule has 3 heterocycles. The second-order valence-electron chi connectivity index (χ2n) is 17.9. The van der Waals surface area contributed by atoms with Crippen molar-refractivity contribution in [1.29, 1.82) is 0 Å². The highest BCUT2D eigenvalue weighted by molar-refractivity contribution is 6.99. The van der Waals surface area contributed by atoms with Crippen LogP contribution in [0.2, 0.25) is 5.04 Å². The summed E-state index contributed by atoms with van der Waals surface area (Å²) in [6.45, 7) is 12.5. The lowest BCUT2D eigenvalue weighted by Crippen LogP contribution is -2.66. The van der Waals surface area contributed by atoms with Crippen molar-refractivity contribution in [2.75, 3.05) is 26.3 Å². The van der Waals surface area contributed by atoms with E-state index in [2.05, 4.69) is 124 Å². The SMILES string of the molecule is C/C(=C\c1ccc(O)cc1)CC[C@H]1OC[C@H]2C1=C(CO[Si](c1ccccc1)(c1ccccc1)C(C)(C)C)C[C@H]1C(=O)N(C3CCN(Cc4ccccc4)CC3)C(=O)[C@H]12. The highest BCUT2D eigenvalue weighted by Crippen LogP contribution is 2.51. The van der Waals surface area contributed by atoms with Gasteiger partial charge in [0.05, 0.1) is 31.2 Å². The summed E-state index contributed by atoms with van der Waals surface area (Å²) in [7, 11) is -2.89. The van der Waals surface area contributed by atoms with E-state index in [1.54, 1.807) is 17.0 Å². The Labute approximate surface area is 345 Å². The van der Waals surface area contributed by atoms with Crippen molar-refractivity contribution in [2.24, 2.45) is 17.8 Å². The van der Waals surface area contributed by atoms with Crippen molar-refractivity contribution < 1.29 is 23.9 Å². The number of hydrogen-bond donors (Lipinski definition) is 1. The average Bonchev–Trinajstić information content (AvgIpc) is 3.76. The van der Waals surface area contributed by atoms with Gasteiger partial charge in [-0.3, -0.25) is 19.4 Å². The standard InChI is InChI=1S/C50H58N2O5Si/c1-35(30-36-21-23-40(53)24-22-36)20-25-45-46-38(33-57-58(50(2,3)4,41-16-10-6-11-17-41)42-18-12-7-13-19-42)31-43-47(44(46)34-56-45)49(55)52(48(43)54)39-26-28-51(29-27-39)32-37-14-8-5-9-15-37/h5-19,21-24,30,39,43-45,47,53H,20,25-29,31-34H2,1-4H3/b35-30+/t43-,44+,45-,47-/m1/s1. The van der Waals surface area contributed by atoms with E-state index in [1.807, 2.05) is 18.2 Å². The summed E-state index contributed by atoms with van der Waals surface area (Å²) in [6, 6.07) is 39.1. The molecule has 3 fully saturated rings. The molecule has 7 nitrogen and oxygen atoms in total. The van der Waals surface area contributed by atoms with E-state index in [0.29, 0.717) is 19.6 Å². The van der Waals surface area contributed by atoms with E-state index < -0.39 is 20.2 Å². The van der Waals surface area contributed by atoms with Crippen LogP contribution in [-0.4, -0.2) is 73.5 Å². The molecule has 58 heavy (non-hydrogen) atoms. The van der Waals surface area contributed by atoms with Crippen LogP contribution < -0.4 is 10.4 Å². The van der Waals surface area contributed by atoms with Crippen LogP contribution >= 0.6 is 0 Å². The monoisotopic (exact) mass is 794 g/mol. The molecule has 302 valence electrons. The maximum atomic E-state index is 14.7. The van der Waals surface area contributed by atoms with Gasteiger partial charge in [0.2, 0.25) is 11.8 Å². The molecule has 0 unspecified atom stereocenters. The Morgan fingerprint density at radius 1 is 0.828 bits per heavy atom. The molecule has 4 aromatic carbocycles. The lowest BCUT2D eigenvalue weighted by Gasteiger charge is -2.44. The first kappa shape index (κ1) is 40.2. The van der Waals surface area contributed by atoms with E-state index >= 15 is 0 Å². The summed E-state index contributed by atoms with van der Waals surface area (Å²) in [5.41, 5.74) is 5.88. The van der Waals surface area contributed by atoms with Crippen LogP contribution in [0.15, 0.2) is 132 Å². The summed E-state index contributed by atoms with van der Waals surface area (Å²) in [5.74, 6) is -0.710. The van der Waals surface area contributed by atoms with Crippen LogP contribution in [0.25, 0.3) is 6.08 Å². The predicted octanol–water partition coefficient (Wildman–Crippen LogP) is 8.13. The molecule has 0 radical (unpaired) electrons. The molecule has 1 N–H and O–H groups in total. The van der Waals surface area contributed by atoms with Crippen molar-refractivity contribution in [2.45, 2.75) is 83.5 Å². The van der Waals surface area contributed by atoms with Gasteiger partial charge in [0, 0.05) is 31.6 Å². The summed E-state index contributed by atoms with van der Waals surface area (Å²) < 4.78 is 14.3. The number of phenolic OH excluding ortho intramolecular Hbond substituents is 1. The fourth-order valence-electron chi connectivity index (χ4n) is 10.4. The minimum atomic E-state index is -2.89. The molecular formula is C50H58N2O5Si. The van der Waals surface area contributed by atoms with Gasteiger partial charge in [0.1, 0.15) is 5.75 Å². The molecule has 3 saturated heterocycles. The fraction of sp³-hybridized carbons (Fsp3) is 0.400. The van der Waals surface area contributed by atoms with Gasteiger partial charge in [0.25, 0.3) is 8.32 Å². The number of aromatic hydroxyl groups is 1. The molecule has 2 amide bonds. The van der Waals surface area contributed by atoms with Gasteiger partial charge in [-0.2, -0.15) is 0 Å². The molecule has 0 bridgehead atoms. The van der Waals surface area contributed by atoms with Gasteiger partial charge in [-0.25, -0.2) is 0 Å². The van der Waals surface area contributed by atoms with E-state index in [1.165, 1.54) is 27.1 Å². The Bertz CT molecular complexity index is 2080. The summed E-state index contributed by atoms with van der Waals surface area (Å²) in [5, 5.41) is 12.0. The number of rotatable bonds is 12. The lowest BCUT2D eigenvalue weighted by atomic mass is 9.69. The molecule has 1 aliphatic carbocycles. The summed E-state index contributed by atoms with van der Waals surface area (Å²) >= 11 is 0. The number of piperidine rings is 1. The third-order valence-corrected chi connectivity index (χ3v) is 18.2. The zero-order valence-electron chi connectivity index (χ0n) is 34.5. The highest BCUT2D eigenvalue weighted by atomic mass is 28.4. The quantitative estimate of drug-likeness (QED) is 0.0887. The van der Waals surface area contributed by atoms with Crippen molar-refractivity contribution >= 4 is 36.6 Å². The Morgan fingerprint density at radius 3 is 2.03 bits per heavy atom. The van der Waals surface area contributed by atoms with Gasteiger partial charge >= 0.3 is 0 Å². The number of imide groups is 1. The van der Waals surface area contributed by atoms with E-state index in [0.717, 1.165) is 56.5 Å². The Hall–Kier alpha value is -4.60. The van der Waals surface area contributed by atoms with Gasteiger partial charge < -0.3 is 14.3 Å². The number of likely N-dealkylation sites (tertiary alicyclic amines) is 2. The number of benzene rings is 4. The number of allylic oxidation sites excluding steroid dienone is 1. The molecule has 4 atom stereocenters. The number of ether oxygens (including phenoxy) is 1. The number of carbonyl (C=O) groups is 2. The molecule has 4 aliphatic rings. The molecule has 8 rings (SSSR count). The maximum Gasteiger partial charge on any atom is 0.261 e. The van der Waals surface area contributed by atoms with Gasteiger partial charge in [-0.05, 0) is 88.8 Å². The third-order valence-electron chi connectivity index (χ3n) is 13.2. The Morgan fingerprint density at radius 2 is 1.43 bits per heavy atom. The largest absolute Gasteiger partial charge is 0.508 e. The normalized spacial score (nSPS) is 23.4. The van der Waals surface area contributed by atoms with Crippen molar-refractivity contribution in [1.82, 2.24) is 9.80 Å². The third kappa shape index (κ3) is 7.92. The first-order valence-corrected chi connectivity index (χ1v) is 23.1. The second kappa shape index (κ2) is 16.9. The smallest absolute Gasteiger partial charge is 0.261 e. The Balaban J connectivity index is 1.09. The van der Waals surface area contributed by atoms with Crippen LogP contribution in [0, 0.1) is 17.8 Å². The van der Waals surface area contributed by atoms with E-state index in [-0.39, 0.29) is 40.7 Å². The molecule has 8 heteroatoms. The first-order chi connectivity index (χ1) is 28.0. The van der Waals surface area contributed by atoms with Gasteiger partial charge in [-0.15, -0.1) is 0 Å². The maximum absolute atomic E-state index is 14.7. The number of fused-ring (bicyclic) bond motifs is 3. The number of nitrogens with zero attached hydrogens (tertiary/aromatic N) is 2. The van der Waals surface area contributed by atoms with Gasteiger partial charge in [0.15, 0.2) is 0 Å².